The number of benzene rings is 2. The van der Waals surface area contributed by atoms with E-state index in [0.29, 0.717) is 45.6 Å². The minimum Gasteiger partial charge on any atom is -0.354 e. The molecule has 1 fully saturated rings. The molecule has 4 rings (SSSR count). The van der Waals surface area contributed by atoms with Gasteiger partial charge in [0.15, 0.2) is 0 Å². The van der Waals surface area contributed by atoms with E-state index in [1.807, 2.05) is 54.6 Å². The zero-order valence-corrected chi connectivity index (χ0v) is 21.4. The summed E-state index contributed by atoms with van der Waals surface area (Å²) < 4.78 is 0.483. The van der Waals surface area contributed by atoms with Crippen LogP contribution < -0.4 is 10.2 Å². The first-order valence-electron chi connectivity index (χ1n) is 12.0. The number of nitrogens with one attached hydrogen (secondary N) is 1. The molecular weight excluding hydrogens is 478 g/mol. The van der Waals surface area contributed by atoms with Gasteiger partial charge in [0, 0.05) is 18.7 Å². The lowest BCUT2D eigenvalue weighted by Crippen LogP contribution is -2.39. The minimum absolute atomic E-state index is 0.106. The van der Waals surface area contributed by atoms with Gasteiger partial charge in [-0.15, -0.1) is 0 Å². The molecule has 1 N–H and O–H groups in total. The molecule has 6 nitrogen and oxygen atoms in total. The van der Waals surface area contributed by atoms with Crippen LogP contribution in [0.4, 0.5) is 5.69 Å². The van der Waals surface area contributed by atoms with Gasteiger partial charge >= 0.3 is 0 Å². The van der Waals surface area contributed by atoms with Crippen LogP contribution in [0.15, 0.2) is 59.5 Å². The summed E-state index contributed by atoms with van der Waals surface area (Å²) >= 11 is 6.66. The van der Waals surface area contributed by atoms with E-state index in [4.69, 9.17) is 12.2 Å². The van der Waals surface area contributed by atoms with E-state index in [0.717, 1.165) is 31.2 Å². The highest BCUT2D eigenvalue weighted by Gasteiger charge is 2.42. The number of para-hydroxylation sites is 1. The molecule has 35 heavy (non-hydrogen) atoms. The highest BCUT2D eigenvalue weighted by Crippen LogP contribution is 2.44. The average Bonchev–Trinajstić information content (AvgIpc) is 3.29. The first-order chi connectivity index (χ1) is 17.0. The molecule has 0 aliphatic carbocycles. The van der Waals surface area contributed by atoms with Crippen LogP contribution in [0, 0.1) is 0 Å². The van der Waals surface area contributed by atoms with E-state index in [2.05, 4.69) is 12.2 Å². The number of carbonyl (C=O) groups excluding carboxylic acids is 3. The molecule has 2 aliphatic rings. The normalized spacial score (nSPS) is 17.3. The summed E-state index contributed by atoms with van der Waals surface area (Å²) in [5.41, 5.74) is 2.78. The molecule has 0 aromatic heterocycles. The van der Waals surface area contributed by atoms with E-state index in [1.54, 1.807) is 4.90 Å². The topological polar surface area (TPSA) is 69.7 Å². The van der Waals surface area contributed by atoms with Crippen LogP contribution >= 0.6 is 24.0 Å². The largest absolute Gasteiger partial charge is 0.354 e. The molecule has 182 valence electrons. The van der Waals surface area contributed by atoms with Gasteiger partial charge in [0.2, 0.25) is 5.91 Å². The van der Waals surface area contributed by atoms with Crippen molar-refractivity contribution >= 4 is 57.3 Å². The van der Waals surface area contributed by atoms with Gasteiger partial charge in [-0.05, 0) is 24.5 Å². The third-order valence-corrected chi connectivity index (χ3v) is 7.56. The summed E-state index contributed by atoms with van der Waals surface area (Å²) in [6, 6.07) is 17.2. The summed E-state index contributed by atoms with van der Waals surface area (Å²) in [5.74, 6) is -0.798. The predicted octanol–water partition coefficient (Wildman–Crippen LogP) is 4.54. The lowest BCUT2D eigenvalue weighted by Gasteiger charge is -2.17. The molecule has 8 heteroatoms. The van der Waals surface area contributed by atoms with Crippen molar-refractivity contribution in [2.24, 2.45) is 0 Å². The van der Waals surface area contributed by atoms with Gasteiger partial charge in [0.25, 0.3) is 11.8 Å². The number of thioether (sulfide) groups is 1. The monoisotopic (exact) mass is 507 g/mol. The second-order valence-electron chi connectivity index (χ2n) is 8.58. The molecule has 0 spiro atoms. The summed E-state index contributed by atoms with van der Waals surface area (Å²) in [5, 5.41) is 2.90. The van der Waals surface area contributed by atoms with Crippen molar-refractivity contribution in [2.75, 3.05) is 24.5 Å². The van der Waals surface area contributed by atoms with Gasteiger partial charge in [0.05, 0.1) is 16.2 Å². The van der Waals surface area contributed by atoms with Crippen LogP contribution in [0.3, 0.4) is 0 Å². The van der Waals surface area contributed by atoms with Gasteiger partial charge in [-0.25, -0.2) is 0 Å². The molecule has 0 bridgehead atoms. The number of hydrogen-bond acceptors (Lipinski definition) is 5. The number of unbranched alkanes of at least 4 members (excludes halogenated alkanes) is 3. The van der Waals surface area contributed by atoms with E-state index in [-0.39, 0.29) is 24.3 Å². The maximum atomic E-state index is 13.5. The molecule has 2 heterocycles. The Bertz CT molecular complexity index is 1160. The van der Waals surface area contributed by atoms with Crippen molar-refractivity contribution in [3.8, 4) is 0 Å². The van der Waals surface area contributed by atoms with E-state index in [1.165, 1.54) is 16.7 Å². The number of fused-ring (bicyclic) bond motifs is 1. The van der Waals surface area contributed by atoms with Crippen LogP contribution in [0.1, 0.15) is 43.7 Å². The van der Waals surface area contributed by atoms with Crippen LogP contribution in [0.25, 0.3) is 5.57 Å². The van der Waals surface area contributed by atoms with Crippen molar-refractivity contribution in [1.29, 1.82) is 0 Å². The Morgan fingerprint density at radius 3 is 2.46 bits per heavy atom. The maximum Gasteiger partial charge on any atom is 0.267 e. The fourth-order valence-corrected chi connectivity index (χ4v) is 5.67. The number of anilines is 1. The number of nitrogens with zero attached hydrogens (tertiary/aromatic N) is 2. The van der Waals surface area contributed by atoms with Crippen molar-refractivity contribution in [3.63, 3.8) is 0 Å². The van der Waals surface area contributed by atoms with Crippen molar-refractivity contribution in [1.82, 2.24) is 10.2 Å². The fraction of sp³-hybridized carbons (Fsp3) is 0.333. The molecule has 2 aromatic rings. The number of hydrogen-bond donors (Lipinski definition) is 1. The number of thiocarbonyl (C=S) groups is 1. The lowest BCUT2D eigenvalue weighted by molar-refractivity contribution is -0.122. The zero-order valence-electron chi connectivity index (χ0n) is 19.8. The first kappa shape index (κ1) is 25.1. The minimum atomic E-state index is -0.337. The molecular formula is C27H29N3O3S2. The Morgan fingerprint density at radius 1 is 0.943 bits per heavy atom. The Kier molecular flexibility index (Phi) is 8.36. The molecule has 1 saturated heterocycles. The third-order valence-electron chi connectivity index (χ3n) is 6.12. The lowest BCUT2D eigenvalue weighted by atomic mass is 10.1. The van der Waals surface area contributed by atoms with Crippen LogP contribution in [0.2, 0.25) is 0 Å². The SMILES string of the molecule is CCCCCCN1C(=O)C(=C2C(=O)N(CC(=O)NCCc3ccccc3)c3ccccc32)SC1=S. The third kappa shape index (κ3) is 5.65. The standard InChI is InChI=1S/C27H29N3O3S2/c1-2-3-4-10-17-29-26(33)24(35-27(29)34)23-20-13-8-9-14-21(20)30(25(23)32)18-22(31)28-16-15-19-11-6-5-7-12-19/h5-9,11-14H,2-4,10,15-18H2,1H3,(H,28,31). The van der Waals surface area contributed by atoms with Crippen molar-refractivity contribution < 1.29 is 14.4 Å². The van der Waals surface area contributed by atoms with Crippen molar-refractivity contribution in [2.45, 2.75) is 39.0 Å². The molecule has 0 atom stereocenters. The molecule has 0 unspecified atom stereocenters. The average molecular weight is 508 g/mol. The Hall–Kier alpha value is -2.97. The first-order valence-corrected chi connectivity index (χ1v) is 13.2. The highest BCUT2D eigenvalue weighted by atomic mass is 32.2. The summed E-state index contributed by atoms with van der Waals surface area (Å²) in [6.45, 7) is 3.08. The van der Waals surface area contributed by atoms with Gasteiger partial charge in [-0.2, -0.15) is 0 Å². The fourth-order valence-electron chi connectivity index (χ4n) is 4.29. The summed E-state index contributed by atoms with van der Waals surface area (Å²) in [7, 11) is 0. The van der Waals surface area contributed by atoms with Crippen LogP contribution in [-0.2, 0) is 20.8 Å². The van der Waals surface area contributed by atoms with Crippen LogP contribution in [-0.4, -0.2) is 46.6 Å². The molecule has 0 radical (unpaired) electrons. The van der Waals surface area contributed by atoms with E-state index >= 15 is 0 Å². The summed E-state index contributed by atoms with van der Waals surface area (Å²) in [4.78, 5) is 42.8. The second kappa shape index (κ2) is 11.6. The molecule has 3 amide bonds. The molecule has 2 aliphatic heterocycles. The predicted molar refractivity (Wildman–Crippen MR) is 145 cm³/mol. The summed E-state index contributed by atoms with van der Waals surface area (Å²) in [6.07, 6.45) is 4.85. The van der Waals surface area contributed by atoms with Crippen LogP contribution in [0.5, 0.6) is 0 Å². The number of carbonyl (C=O) groups is 3. The van der Waals surface area contributed by atoms with Crippen molar-refractivity contribution in [3.05, 3.63) is 70.6 Å². The number of amides is 3. The Morgan fingerprint density at radius 2 is 1.69 bits per heavy atom. The second-order valence-corrected chi connectivity index (χ2v) is 10.2. The smallest absolute Gasteiger partial charge is 0.267 e. The quantitative estimate of drug-likeness (QED) is 0.290. The Labute approximate surface area is 215 Å². The highest BCUT2D eigenvalue weighted by molar-refractivity contribution is 8.26. The van der Waals surface area contributed by atoms with Gasteiger partial charge in [0.1, 0.15) is 10.9 Å². The van der Waals surface area contributed by atoms with E-state index in [9.17, 15) is 14.4 Å². The van der Waals surface area contributed by atoms with Gasteiger partial charge in [-0.1, -0.05) is 98.7 Å². The van der Waals surface area contributed by atoms with Gasteiger partial charge < -0.3 is 5.32 Å². The molecule has 2 aromatic carbocycles. The molecule has 0 saturated carbocycles. The van der Waals surface area contributed by atoms with E-state index < -0.39 is 0 Å². The maximum absolute atomic E-state index is 13.5. The zero-order chi connectivity index (χ0) is 24.8. The number of rotatable bonds is 10. The Balaban J connectivity index is 1.48. The van der Waals surface area contributed by atoms with Gasteiger partial charge in [-0.3, -0.25) is 24.2 Å².